The number of aliphatic hydroxyl groups excluding tert-OH is 1. The summed E-state index contributed by atoms with van der Waals surface area (Å²) >= 11 is 17.9. The van der Waals surface area contributed by atoms with Crippen molar-refractivity contribution < 1.29 is 9.84 Å². The molecule has 0 aliphatic rings. The molecule has 21 heavy (non-hydrogen) atoms. The summed E-state index contributed by atoms with van der Waals surface area (Å²) in [5.41, 5.74) is 0.946. The molecule has 0 aliphatic carbocycles. The van der Waals surface area contributed by atoms with Crippen LogP contribution in [0.25, 0.3) is 0 Å². The second kappa shape index (κ2) is 6.55. The molecular formula is C15H10Cl3NO2. The summed E-state index contributed by atoms with van der Waals surface area (Å²) in [6.45, 7) is 1.60. The minimum atomic E-state index is -0.755. The van der Waals surface area contributed by atoms with Gasteiger partial charge in [-0.25, -0.2) is 0 Å². The zero-order chi connectivity index (χ0) is 15.6. The molecule has 0 aliphatic heterocycles. The van der Waals surface area contributed by atoms with Crippen molar-refractivity contribution >= 4 is 34.8 Å². The minimum Gasteiger partial charge on any atom is -0.455 e. The molecule has 2 aromatic rings. The van der Waals surface area contributed by atoms with E-state index in [1.807, 2.05) is 6.07 Å². The Morgan fingerprint density at radius 1 is 1.05 bits per heavy atom. The van der Waals surface area contributed by atoms with Crippen LogP contribution in [-0.2, 0) is 0 Å². The van der Waals surface area contributed by atoms with E-state index in [2.05, 4.69) is 0 Å². The maximum absolute atomic E-state index is 9.77. The number of nitrogens with zero attached hydrogens (tertiary/aromatic N) is 1. The highest BCUT2D eigenvalue weighted by atomic mass is 35.5. The summed E-state index contributed by atoms with van der Waals surface area (Å²) in [6.07, 6.45) is -0.755. The molecule has 0 radical (unpaired) electrons. The Hall–Kier alpha value is -1.44. The summed E-state index contributed by atoms with van der Waals surface area (Å²) in [5.74, 6) is 0.632. The molecule has 6 heteroatoms. The second-order valence-corrected chi connectivity index (χ2v) is 5.56. The van der Waals surface area contributed by atoms with Gasteiger partial charge in [-0.1, -0.05) is 40.9 Å². The fourth-order valence-electron chi connectivity index (χ4n) is 1.74. The molecule has 1 N–H and O–H groups in total. The molecule has 0 saturated heterocycles. The van der Waals surface area contributed by atoms with Crippen LogP contribution in [0, 0.1) is 11.3 Å². The number of halogens is 3. The Bertz CT molecular complexity index is 724. The van der Waals surface area contributed by atoms with Gasteiger partial charge in [-0.3, -0.25) is 0 Å². The minimum absolute atomic E-state index is 0.281. The molecule has 0 spiro atoms. The van der Waals surface area contributed by atoms with Gasteiger partial charge >= 0.3 is 0 Å². The zero-order valence-electron chi connectivity index (χ0n) is 10.9. The first-order valence-electron chi connectivity index (χ1n) is 5.97. The van der Waals surface area contributed by atoms with Crippen LogP contribution in [0.5, 0.6) is 11.5 Å². The van der Waals surface area contributed by atoms with E-state index in [9.17, 15) is 5.11 Å². The molecule has 0 aromatic heterocycles. The first kappa shape index (κ1) is 15.9. The van der Waals surface area contributed by atoms with Crippen LogP contribution in [0.2, 0.25) is 15.1 Å². The maximum atomic E-state index is 9.77. The van der Waals surface area contributed by atoms with Crippen molar-refractivity contribution in [2.45, 2.75) is 13.0 Å². The number of ether oxygens (including phenoxy) is 1. The van der Waals surface area contributed by atoms with Crippen molar-refractivity contribution in [2.75, 3.05) is 0 Å². The lowest BCUT2D eigenvalue weighted by molar-refractivity contribution is 0.195. The van der Waals surface area contributed by atoms with Crippen molar-refractivity contribution in [3.8, 4) is 17.6 Å². The van der Waals surface area contributed by atoms with Gasteiger partial charge in [0.2, 0.25) is 0 Å². The number of hydrogen-bond acceptors (Lipinski definition) is 3. The molecule has 2 rings (SSSR count). The third kappa shape index (κ3) is 3.61. The van der Waals surface area contributed by atoms with Gasteiger partial charge in [0.05, 0.1) is 32.8 Å². The predicted molar refractivity (Wildman–Crippen MR) is 83.3 cm³/mol. The van der Waals surface area contributed by atoms with Gasteiger partial charge in [-0.15, -0.1) is 0 Å². The van der Waals surface area contributed by atoms with Gasteiger partial charge in [0.25, 0.3) is 0 Å². The molecule has 0 amide bonds. The Kier molecular flexibility index (Phi) is 4.97. The van der Waals surface area contributed by atoms with E-state index in [4.69, 9.17) is 44.8 Å². The van der Waals surface area contributed by atoms with Crippen molar-refractivity contribution in [2.24, 2.45) is 0 Å². The molecule has 3 nitrogen and oxygen atoms in total. The Balaban J connectivity index is 2.48. The quantitative estimate of drug-likeness (QED) is 0.763. The third-order valence-electron chi connectivity index (χ3n) is 2.79. The summed E-state index contributed by atoms with van der Waals surface area (Å²) in [4.78, 5) is 0. The maximum Gasteiger partial charge on any atom is 0.147 e. The largest absolute Gasteiger partial charge is 0.455 e. The lowest BCUT2D eigenvalue weighted by Crippen LogP contribution is -1.97. The molecule has 2 aromatic carbocycles. The van der Waals surface area contributed by atoms with Crippen molar-refractivity contribution in [3.63, 3.8) is 0 Å². The SMILES string of the molecule is C[C@H](O)c1ccc(C#N)cc1Oc1cc(Cl)c(Cl)cc1Cl. The van der Waals surface area contributed by atoms with Crippen LogP contribution in [-0.4, -0.2) is 5.11 Å². The van der Waals surface area contributed by atoms with Crippen molar-refractivity contribution in [1.82, 2.24) is 0 Å². The Morgan fingerprint density at radius 3 is 2.33 bits per heavy atom. The van der Waals surface area contributed by atoms with Crippen LogP contribution >= 0.6 is 34.8 Å². The summed E-state index contributed by atoms with van der Waals surface area (Å²) in [6, 6.07) is 9.73. The molecule has 0 fully saturated rings. The fraction of sp³-hybridized carbons (Fsp3) is 0.133. The average Bonchev–Trinajstić information content (AvgIpc) is 2.44. The standard InChI is InChI=1S/C15H10Cl3NO2/c1-8(20)10-3-2-9(7-19)4-14(10)21-15-6-12(17)11(16)5-13(15)18/h2-6,8,20H,1H3/t8-/m0/s1. The molecule has 0 bridgehead atoms. The molecular weight excluding hydrogens is 333 g/mol. The number of rotatable bonds is 3. The van der Waals surface area contributed by atoms with Crippen LogP contribution in [0.3, 0.4) is 0 Å². The number of aliphatic hydroxyl groups is 1. The lowest BCUT2D eigenvalue weighted by atomic mass is 10.1. The van der Waals surface area contributed by atoms with E-state index >= 15 is 0 Å². The normalized spacial score (nSPS) is 11.8. The van der Waals surface area contributed by atoms with Gasteiger partial charge in [0, 0.05) is 11.6 Å². The van der Waals surface area contributed by atoms with Crippen molar-refractivity contribution in [3.05, 3.63) is 56.5 Å². The topological polar surface area (TPSA) is 53.2 Å². The van der Waals surface area contributed by atoms with Gasteiger partial charge in [0.1, 0.15) is 11.5 Å². The Morgan fingerprint density at radius 2 is 1.71 bits per heavy atom. The monoisotopic (exact) mass is 341 g/mol. The van der Waals surface area contributed by atoms with Gasteiger partial charge in [-0.05, 0) is 25.1 Å². The average molecular weight is 343 g/mol. The summed E-state index contributed by atoms with van der Waals surface area (Å²) < 4.78 is 5.69. The van der Waals surface area contributed by atoms with Gasteiger partial charge < -0.3 is 9.84 Å². The Labute approximate surface area is 137 Å². The molecule has 108 valence electrons. The molecule has 1 atom stereocenters. The van der Waals surface area contributed by atoms with Crippen LogP contribution < -0.4 is 4.74 Å². The third-order valence-corrected chi connectivity index (χ3v) is 3.80. The fourth-order valence-corrected chi connectivity index (χ4v) is 2.31. The van der Waals surface area contributed by atoms with E-state index in [1.165, 1.54) is 18.2 Å². The molecule has 0 unspecified atom stereocenters. The van der Waals surface area contributed by atoms with Gasteiger partial charge in [0.15, 0.2) is 0 Å². The predicted octanol–water partition coefficient (Wildman–Crippen LogP) is 5.36. The van der Waals surface area contributed by atoms with Gasteiger partial charge in [-0.2, -0.15) is 5.26 Å². The van der Waals surface area contributed by atoms with E-state index in [1.54, 1.807) is 19.1 Å². The molecule has 0 saturated carbocycles. The number of nitriles is 1. The van der Waals surface area contributed by atoms with E-state index in [0.29, 0.717) is 32.7 Å². The highest BCUT2D eigenvalue weighted by molar-refractivity contribution is 6.43. The highest BCUT2D eigenvalue weighted by Crippen LogP contribution is 2.38. The first-order chi connectivity index (χ1) is 9.92. The smallest absolute Gasteiger partial charge is 0.147 e. The zero-order valence-corrected chi connectivity index (χ0v) is 13.2. The summed E-state index contributed by atoms with van der Waals surface area (Å²) in [7, 11) is 0. The second-order valence-electron chi connectivity index (χ2n) is 4.34. The summed E-state index contributed by atoms with van der Waals surface area (Å²) in [5, 5.41) is 19.6. The van der Waals surface area contributed by atoms with Crippen molar-refractivity contribution in [1.29, 1.82) is 5.26 Å². The number of benzene rings is 2. The van der Waals surface area contributed by atoms with E-state index in [-0.39, 0.29) is 5.02 Å². The van der Waals surface area contributed by atoms with Crippen LogP contribution in [0.4, 0.5) is 0 Å². The highest BCUT2D eigenvalue weighted by Gasteiger charge is 2.14. The lowest BCUT2D eigenvalue weighted by Gasteiger charge is -2.15. The van der Waals surface area contributed by atoms with Crippen LogP contribution in [0.15, 0.2) is 30.3 Å². The van der Waals surface area contributed by atoms with E-state index < -0.39 is 6.10 Å². The molecule has 0 heterocycles. The van der Waals surface area contributed by atoms with Crippen LogP contribution in [0.1, 0.15) is 24.2 Å². The first-order valence-corrected chi connectivity index (χ1v) is 7.10. The van der Waals surface area contributed by atoms with E-state index in [0.717, 1.165) is 0 Å². The number of hydrogen-bond donors (Lipinski definition) is 1.